The number of hydrogen-bond donors (Lipinski definition) is 1. The van der Waals surface area contributed by atoms with Crippen LogP contribution in [0.5, 0.6) is 5.75 Å². The predicted octanol–water partition coefficient (Wildman–Crippen LogP) is 17.0. The lowest BCUT2D eigenvalue weighted by atomic mass is 9.72. The molecule has 6 heteroatoms. The first-order valence-corrected chi connectivity index (χ1v) is 27.5. The van der Waals surface area contributed by atoms with E-state index in [9.17, 15) is 4.79 Å². The molecule has 7 aromatic rings. The lowest BCUT2D eigenvalue weighted by molar-refractivity contribution is 0.0924. The fourth-order valence-corrected chi connectivity index (χ4v) is 13.2. The van der Waals surface area contributed by atoms with E-state index in [4.69, 9.17) is 4.74 Å². The molecule has 1 N–H and O–H groups in total. The molecule has 5 aliphatic rings. The molecule has 376 valence electrons. The van der Waals surface area contributed by atoms with E-state index in [0.29, 0.717) is 34.0 Å². The van der Waals surface area contributed by atoms with Gasteiger partial charge in [-0.1, -0.05) is 188 Å². The van der Waals surface area contributed by atoms with Crippen molar-refractivity contribution in [3.8, 4) is 28.0 Å². The van der Waals surface area contributed by atoms with Gasteiger partial charge >= 0.3 is 0 Å². The first-order chi connectivity index (χ1) is 36.4. The van der Waals surface area contributed by atoms with Crippen molar-refractivity contribution < 1.29 is 19.1 Å². The van der Waals surface area contributed by atoms with Crippen LogP contribution in [0, 0.1) is 11.8 Å². The number of imide groups is 1. The Kier molecular flexibility index (Phi) is 12.4. The number of carbonyl (C=O) groups excluding carboxylic acids is 3. The van der Waals surface area contributed by atoms with E-state index in [1.54, 1.807) is 0 Å². The Morgan fingerprint density at radius 1 is 0.720 bits per heavy atom. The van der Waals surface area contributed by atoms with Crippen LogP contribution >= 0.6 is 0 Å². The molecule has 2 aliphatic heterocycles. The molecule has 0 spiro atoms. The summed E-state index contributed by atoms with van der Waals surface area (Å²) >= 11 is 0. The molecule has 1 saturated carbocycles. The highest BCUT2D eigenvalue weighted by atomic mass is 16.5. The van der Waals surface area contributed by atoms with Gasteiger partial charge in [-0.3, -0.25) is 14.4 Å². The van der Waals surface area contributed by atoms with E-state index in [2.05, 4.69) is 131 Å². The van der Waals surface area contributed by atoms with E-state index < -0.39 is 10.8 Å². The van der Waals surface area contributed by atoms with Gasteiger partial charge in [-0.25, -0.2) is 4.90 Å². The zero-order valence-electron chi connectivity index (χ0n) is 43.9. The number of benzene rings is 7. The number of ether oxygens (including phenoxy) is 1. The second-order valence-corrected chi connectivity index (χ2v) is 22.8. The summed E-state index contributed by atoms with van der Waals surface area (Å²) in [6, 6.07) is 44.6. The van der Waals surface area contributed by atoms with Gasteiger partial charge in [-0.15, -0.1) is 0 Å². The van der Waals surface area contributed by atoms with Gasteiger partial charge in [0.25, 0.3) is 17.7 Å². The predicted molar refractivity (Wildman–Crippen MR) is 306 cm³/mol. The molecular formula is C69H66N2O4. The Morgan fingerprint density at radius 3 is 2.09 bits per heavy atom. The maximum Gasteiger partial charge on any atom is 0.266 e. The van der Waals surface area contributed by atoms with Gasteiger partial charge in [-0.2, -0.15) is 0 Å². The maximum absolute atomic E-state index is 15.6. The average Bonchev–Trinajstić information content (AvgIpc) is 3.93. The van der Waals surface area contributed by atoms with Crippen molar-refractivity contribution in [2.24, 2.45) is 11.8 Å². The number of anilines is 2. The summed E-state index contributed by atoms with van der Waals surface area (Å²) in [4.78, 5) is 45.8. The van der Waals surface area contributed by atoms with Crippen LogP contribution in [-0.4, -0.2) is 23.8 Å². The third kappa shape index (κ3) is 8.38. The first-order valence-electron chi connectivity index (χ1n) is 27.5. The number of hydrogen-bond acceptors (Lipinski definition) is 4. The molecule has 7 aromatic carbocycles. The van der Waals surface area contributed by atoms with Crippen molar-refractivity contribution in [2.45, 2.75) is 115 Å². The zero-order chi connectivity index (χ0) is 51.6. The lowest BCUT2D eigenvalue weighted by Crippen LogP contribution is -2.30. The lowest BCUT2D eigenvalue weighted by Gasteiger charge is -2.32. The number of rotatable bonds is 12. The number of carbonyl (C=O) groups is 3. The van der Waals surface area contributed by atoms with Crippen LogP contribution in [0.15, 0.2) is 164 Å². The quantitative estimate of drug-likeness (QED) is 0.0978. The van der Waals surface area contributed by atoms with Crippen molar-refractivity contribution in [3.05, 3.63) is 214 Å². The molecule has 2 atom stereocenters. The molecule has 0 bridgehead atoms. The molecule has 6 nitrogen and oxygen atoms in total. The van der Waals surface area contributed by atoms with Crippen molar-refractivity contribution in [2.75, 3.05) is 10.2 Å². The molecule has 2 heterocycles. The Morgan fingerprint density at radius 2 is 1.40 bits per heavy atom. The minimum absolute atomic E-state index is 0.117. The van der Waals surface area contributed by atoms with Gasteiger partial charge in [0, 0.05) is 44.5 Å². The minimum atomic E-state index is -0.636. The third-order valence-corrected chi connectivity index (χ3v) is 17.5. The van der Waals surface area contributed by atoms with E-state index in [0.717, 1.165) is 78.9 Å². The van der Waals surface area contributed by atoms with E-state index in [1.165, 1.54) is 61.8 Å². The summed E-state index contributed by atoms with van der Waals surface area (Å²) in [6.45, 7) is 11.1. The Bertz CT molecular complexity index is 3480. The number of allylic oxidation sites excluding steroid dienone is 3. The van der Waals surface area contributed by atoms with Gasteiger partial charge in [0.1, 0.15) is 11.9 Å². The third-order valence-electron chi connectivity index (χ3n) is 17.5. The topological polar surface area (TPSA) is 75.7 Å². The molecule has 3 amide bonds. The van der Waals surface area contributed by atoms with Crippen molar-refractivity contribution >= 4 is 45.9 Å². The van der Waals surface area contributed by atoms with Gasteiger partial charge < -0.3 is 10.1 Å². The Hall–Kier alpha value is -7.57. The number of amides is 3. The SMILES string of the molecule is CCCCCC1CCC(c2ccc(C(=O)Nc3ccc(-c4ccc(N5C(=O)c6c(C(C)(C)c7ccccc7)cc7c(c6C5=O)-c5c(c6c(c8ccccc58)OC(C5C=CC=CC5)C=C6)C7(C)C)cc4)cc3)cc2)CC1. The van der Waals surface area contributed by atoms with Crippen LogP contribution < -0.4 is 15.0 Å². The fourth-order valence-electron chi connectivity index (χ4n) is 13.2. The maximum atomic E-state index is 15.6. The zero-order valence-corrected chi connectivity index (χ0v) is 43.9. The number of fused-ring (bicyclic) bond motifs is 10. The fraction of sp³-hybridized carbons (Fsp3) is 0.290. The molecule has 1 fully saturated rings. The van der Waals surface area contributed by atoms with Gasteiger partial charge in [0.2, 0.25) is 0 Å². The highest BCUT2D eigenvalue weighted by molar-refractivity contribution is 6.37. The molecule has 2 unspecified atom stereocenters. The van der Waals surface area contributed by atoms with E-state index >= 15 is 9.59 Å². The monoisotopic (exact) mass is 987 g/mol. The van der Waals surface area contributed by atoms with Crippen LogP contribution in [0.4, 0.5) is 11.4 Å². The van der Waals surface area contributed by atoms with Crippen LogP contribution in [0.2, 0.25) is 0 Å². The van der Waals surface area contributed by atoms with Crippen molar-refractivity contribution in [1.82, 2.24) is 0 Å². The first kappa shape index (κ1) is 48.4. The second kappa shape index (κ2) is 19.3. The molecule has 75 heavy (non-hydrogen) atoms. The molecule has 3 aliphatic carbocycles. The summed E-state index contributed by atoms with van der Waals surface area (Å²) < 4.78 is 7.04. The van der Waals surface area contributed by atoms with Crippen LogP contribution in [0.3, 0.4) is 0 Å². The van der Waals surface area contributed by atoms with E-state index in [-0.39, 0.29) is 29.7 Å². The second-order valence-electron chi connectivity index (χ2n) is 22.8. The number of nitrogens with zero attached hydrogens (tertiary/aromatic N) is 1. The van der Waals surface area contributed by atoms with Gasteiger partial charge in [0.05, 0.1) is 16.8 Å². The van der Waals surface area contributed by atoms with Gasteiger partial charge in [-0.05, 0) is 136 Å². The molecular weight excluding hydrogens is 921 g/mol. The Labute approximate surface area is 442 Å². The highest BCUT2D eigenvalue weighted by Crippen LogP contribution is 2.60. The largest absolute Gasteiger partial charge is 0.484 e. The van der Waals surface area contributed by atoms with Gasteiger partial charge in [0.15, 0.2) is 0 Å². The standard InChI is InChI=1S/C69H66N2O4/c1-6-7-10-17-43-24-26-44(27-25-43)45-28-30-49(31-29-45)65(72)70-51-36-32-46(33-37-51)47-34-38-52(39-35-47)71-66(73)61-57(68(2,3)50-20-13-9-14-21-50)42-56-60(62(61)67(71)74)59-53-22-15-16-23-54(53)64-55(63(59)69(56,4)5)40-41-58(75-64)48-18-11-8-12-19-48/h8-9,11-16,18,20-23,28-44,48,58H,6-7,10,17,19,24-27H2,1-5H3,(H,70,72). The summed E-state index contributed by atoms with van der Waals surface area (Å²) in [6.07, 6.45) is 24.3. The summed E-state index contributed by atoms with van der Waals surface area (Å²) in [5, 5.41) is 5.09. The summed E-state index contributed by atoms with van der Waals surface area (Å²) in [7, 11) is 0. The van der Waals surface area contributed by atoms with Crippen LogP contribution in [0.1, 0.15) is 163 Å². The van der Waals surface area contributed by atoms with Crippen LogP contribution in [-0.2, 0) is 10.8 Å². The van der Waals surface area contributed by atoms with Crippen LogP contribution in [0.25, 0.3) is 39.1 Å². The molecule has 12 rings (SSSR count). The number of unbranched alkanes of at least 4 members (excludes halogenated alkanes) is 2. The molecule has 0 aromatic heterocycles. The van der Waals surface area contributed by atoms with E-state index in [1.807, 2.05) is 78.9 Å². The normalized spacial score (nSPS) is 20.1. The summed E-state index contributed by atoms with van der Waals surface area (Å²) in [5.74, 6) is 1.75. The minimum Gasteiger partial charge on any atom is -0.484 e. The Balaban J connectivity index is 0.840. The smallest absolute Gasteiger partial charge is 0.266 e. The molecule has 0 saturated heterocycles. The summed E-state index contributed by atoms with van der Waals surface area (Å²) in [5.41, 5.74) is 11.7. The number of nitrogens with one attached hydrogen (secondary N) is 1. The highest BCUT2D eigenvalue weighted by Gasteiger charge is 2.50. The van der Waals surface area contributed by atoms with Crippen molar-refractivity contribution in [1.29, 1.82) is 0 Å². The van der Waals surface area contributed by atoms with Crippen molar-refractivity contribution in [3.63, 3.8) is 0 Å². The average molecular weight is 987 g/mol. The molecule has 0 radical (unpaired) electrons.